The number of benzene rings is 1. The van der Waals surface area contributed by atoms with Gasteiger partial charge in [-0.1, -0.05) is 19.3 Å². The number of hydrogen-bond donors (Lipinski definition) is 1. The molecule has 1 aromatic carbocycles. The smallest absolute Gasteiger partial charge is 0.149 e. The van der Waals surface area contributed by atoms with Gasteiger partial charge in [0, 0.05) is 30.2 Å². The standard InChI is InChI=1S/C17H24F2N2/c1-16(2)11-21(15-7-6-13(18)10-14(15)19)12-17(20-16)8-4-3-5-9-17/h6-7,10,20H,3-5,8-9,11-12H2,1-2H3. The van der Waals surface area contributed by atoms with E-state index in [2.05, 4.69) is 24.1 Å². The van der Waals surface area contributed by atoms with Crippen molar-refractivity contribution >= 4 is 5.69 Å². The van der Waals surface area contributed by atoms with Crippen LogP contribution in [0.4, 0.5) is 14.5 Å². The van der Waals surface area contributed by atoms with Gasteiger partial charge in [0.25, 0.3) is 0 Å². The van der Waals surface area contributed by atoms with Gasteiger partial charge in [-0.05, 0) is 38.8 Å². The van der Waals surface area contributed by atoms with Crippen LogP contribution in [-0.4, -0.2) is 24.2 Å². The summed E-state index contributed by atoms with van der Waals surface area (Å²) in [6.07, 6.45) is 6.01. The van der Waals surface area contributed by atoms with Gasteiger partial charge in [-0.3, -0.25) is 0 Å². The van der Waals surface area contributed by atoms with E-state index >= 15 is 0 Å². The van der Waals surface area contributed by atoms with Gasteiger partial charge in [0.05, 0.1) is 5.69 Å². The van der Waals surface area contributed by atoms with E-state index in [1.54, 1.807) is 6.07 Å². The molecule has 1 aromatic rings. The summed E-state index contributed by atoms with van der Waals surface area (Å²) in [7, 11) is 0. The zero-order valence-electron chi connectivity index (χ0n) is 12.9. The highest BCUT2D eigenvalue weighted by Gasteiger charge is 2.43. The van der Waals surface area contributed by atoms with Crippen molar-refractivity contribution < 1.29 is 8.78 Å². The van der Waals surface area contributed by atoms with Crippen LogP contribution in [0.25, 0.3) is 0 Å². The molecule has 0 unspecified atom stereocenters. The lowest BCUT2D eigenvalue weighted by atomic mass is 9.77. The number of rotatable bonds is 1. The zero-order valence-corrected chi connectivity index (χ0v) is 12.9. The molecule has 2 fully saturated rings. The Morgan fingerprint density at radius 1 is 1.05 bits per heavy atom. The topological polar surface area (TPSA) is 15.3 Å². The predicted molar refractivity (Wildman–Crippen MR) is 81.6 cm³/mol. The average molecular weight is 294 g/mol. The van der Waals surface area contributed by atoms with Crippen LogP contribution in [0.5, 0.6) is 0 Å². The molecular weight excluding hydrogens is 270 g/mol. The molecule has 0 amide bonds. The van der Waals surface area contributed by atoms with Crippen LogP contribution >= 0.6 is 0 Å². The summed E-state index contributed by atoms with van der Waals surface area (Å²) >= 11 is 0. The van der Waals surface area contributed by atoms with Gasteiger partial charge in [-0.15, -0.1) is 0 Å². The summed E-state index contributed by atoms with van der Waals surface area (Å²) in [5.74, 6) is -0.975. The van der Waals surface area contributed by atoms with Gasteiger partial charge < -0.3 is 10.2 Å². The molecule has 2 aliphatic rings. The highest BCUT2D eigenvalue weighted by atomic mass is 19.1. The highest BCUT2D eigenvalue weighted by molar-refractivity contribution is 5.49. The van der Waals surface area contributed by atoms with Crippen LogP contribution in [0.1, 0.15) is 46.0 Å². The van der Waals surface area contributed by atoms with Crippen LogP contribution < -0.4 is 10.2 Å². The van der Waals surface area contributed by atoms with Gasteiger partial charge >= 0.3 is 0 Å². The molecular formula is C17H24F2N2. The molecule has 2 nitrogen and oxygen atoms in total. The Bertz CT molecular complexity index is 522. The molecule has 1 aliphatic carbocycles. The molecule has 0 radical (unpaired) electrons. The minimum absolute atomic E-state index is 0.0703. The van der Waals surface area contributed by atoms with Crippen molar-refractivity contribution in [1.82, 2.24) is 5.32 Å². The third kappa shape index (κ3) is 3.05. The third-order valence-corrected chi connectivity index (χ3v) is 4.74. The monoisotopic (exact) mass is 294 g/mol. The number of anilines is 1. The van der Waals surface area contributed by atoms with Crippen LogP contribution in [0, 0.1) is 11.6 Å². The molecule has 116 valence electrons. The van der Waals surface area contributed by atoms with Crippen LogP contribution in [0.15, 0.2) is 18.2 Å². The van der Waals surface area contributed by atoms with Crippen molar-refractivity contribution in [2.24, 2.45) is 0 Å². The van der Waals surface area contributed by atoms with E-state index in [-0.39, 0.29) is 11.1 Å². The van der Waals surface area contributed by atoms with Gasteiger partial charge in [0.15, 0.2) is 0 Å². The Balaban J connectivity index is 1.90. The molecule has 3 rings (SSSR count). The van der Waals surface area contributed by atoms with Crippen molar-refractivity contribution in [3.8, 4) is 0 Å². The van der Waals surface area contributed by atoms with Crippen LogP contribution in [-0.2, 0) is 0 Å². The van der Waals surface area contributed by atoms with E-state index in [0.29, 0.717) is 5.69 Å². The normalized spacial score (nSPS) is 24.3. The molecule has 1 saturated heterocycles. The molecule has 21 heavy (non-hydrogen) atoms. The molecule has 4 heteroatoms. The Morgan fingerprint density at radius 2 is 1.76 bits per heavy atom. The summed E-state index contributed by atoms with van der Waals surface area (Å²) in [4.78, 5) is 2.09. The fraction of sp³-hybridized carbons (Fsp3) is 0.647. The highest BCUT2D eigenvalue weighted by Crippen LogP contribution is 2.36. The first kappa shape index (κ1) is 14.8. The second-order valence-corrected chi connectivity index (χ2v) is 7.30. The lowest BCUT2D eigenvalue weighted by Crippen LogP contribution is -2.69. The van der Waals surface area contributed by atoms with Gasteiger partial charge in [-0.2, -0.15) is 0 Å². The van der Waals surface area contributed by atoms with Crippen LogP contribution in [0.3, 0.4) is 0 Å². The van der Waals surface area contributed by atoms with E-state index in [9.17, 15) is 8.78 Å². The maximum Gasteiger partial charge on any atom is 0.149 e. The summed E-state index contributed by atoms with van der Waals surface area (Å²) in [6.45, 7) is 5.87. The average Bonchev–Trinajstić information content (AvgIpc) is 2.37. The molecule has 0 bridgehead atoms. The number of nitrogens with zero attached hydrogens (tertiary/aromatic N) is 1. The third-order valence-electron chi connectivity index (χ3n) is 4.74. The lowest BCUT2D eigenvalue weighted by molar-refractivity contribution is 0.145. The second-order valence-electron chi connectivity index (χ2n) is 7.30. The lowest BCUT2D eigenvalue weighted by Gasteiger charge is -2.53. The van der Waals surface area contributed by atoms with E-state index in [4.69, 9.17) is 0 Å². The Labute approximate surface area is 125 Å². The molecule has 1 aliphatic heterocycles. The number of hydrogen-bond acceptors (Lipinski definition) is 2. The summed E-state index contributed by atoms with van der Waals surface area (Å²) < 4.78 is 27.3. The Hall–Kier alpha value is -1.16. The minimum Gasteiger partial charge on any atom is -0.365 e. The first-order valence-electron chi connectivity index (χ1n) is 7.89. The fourth-order valence-corrected chi connectivity index (χ4v) is 4.12. The zero-order chi connectivity index (χ0) is 15.1. The molecule has 1 N–H and O–H groups in total. The molecule has 1 spiro atoms. The van der Waals surface area contributed by atoms with Crippen molar-refractivity contribution in [3.05, 3.63) is 29.8 Å². The van der Waals surface area contributed by atoms with E-state index < -0.39 is 11.6 Å². The fourth-order valence-electron chi connectivity index (χ4n) is 4.12. The molecule has 1 heterocycles. The van der Waals surface area contributed by atoms with Crippen LogP contribution in [0.2, 0.25) is 0 Å². The Morgan fingerprint density at radius 3 is 2.43 bits per heavy atom. The van der Waals surface area contributed by atoms with Crippen molar-refractivity contribution in [3.63, 3.8) is 0 Å². The van der Waals surface area contributed by atoms with Crippen molar-refractivity contribution in [1.29, 1.82) is 0 Å². The van der Waals surface area contributed by atoms with Crippen molar-refractivity contribution in [2.75, 3.05) is 18.0 Å². The van der Waals surface area contributed by atoms with Crippen molar-refractivity contribution in [2.45, 2.75) is 57.0 Å². The number of piperazine rings is 1. The van der Waals surface area contributed by atoms with E-state index in [1.807, 2.05) is 0 Å². The summed E-state index contributed by atoms with van der Waals surface area (Å²) in [5.41, 5.74) is 0.521. The minimum atomic E-state index is -0.516. The Kier molecular flexibility index (Phi) is 3.68. The molecule has 1 saturated carbocycles. The van der Waals surface area contributed by atoms with E-state index in [0.717, 1.165) is 32.0 Å². The second kappa shape index (κ2) is 5.24. The number of nitrogens with one attached hydrogen (secondary N) is 1. The SMILES string of the molecule is CC1(C)CN(c2ccc(F)cc2F)CC2(CCCCC2)N1. The first-order chi connectivity index (χ1) is 9.89. The van der Waals surface area contributed by atoms with Gasteiger partial charge in [-0.25, -0.2) is 8.78 Å². The van der Waals surface area contributed by atoms with Gasteiger partial charge in [0.1, 0.15) is 11.6 Å². The largest absolute Gasteiger partial charge is 0.365 e. The number of halogens is 2. The van der Waals surface area contributed by atoms with Gasteiger partial charge in [0.2, 0.25) is 0 Å². The quantitative estimate of drug-likeness (QED) is 0.846. The molecule has 0 aromatic heterocycles. The van der Waals surface area contributed by atoms with E-state index in [1.165, 1.54) is 25.3 Å². The molecule has 0 atom stereocenters. The summed E-state index contributed by atoms with van der Waals surface area (Å²) in [5, 5.41) is 3.80. The first-order valence-corrected chi connectivity index (χ1v) is 7.89. The maximum absolute atomic E-state index is 14.1. The maximum atomic E-state index is 14.1. The summed E-state index contributed by atoms with van der Waals surface area (Å²) in [6, 6.07) is 3.90. The predicted octanol–water partition coefficient (Wildman–Crippen LogP) is 3.86.